The molecule has 1 aromatic rings. The van der Waals surface area contributed by atoms with Gasteiger partial charge in [-0.2, -0.15) is 0 Å². The molecule has 2 unspecified atom stereocenters. The van der Waals surface area contributed by atoms with Crippen molar-refractivity contribution in [3.05, 3.63) is 28.2 Å². The number of rotatable bonds is 3. The first-order valence-corrected chi connectivity index (χ1v) is 7.78. The topological polar surface area (TPSA) is 35.2 Å². The van der Waals surface area contributed by atoms with E-state index in [0.717, 1.165) is 23.1 Å². The fraction of sp³-hybridized carbons (Fsp3) is 0.625. The second-order valence-electron chi connectivity index (χ2n) is 6.49. The minimum atomic E-state index is 0.316. The number of methoxy groups -OCH3 is 1. The fourth-order valence-electron chi connectivity index (χ4n) is 3.17. The van der Waals surface area contributed by atoms with Crippen molar-refractivity contribution >= 4 is 15.9 Å². The molecule has 0 spiro atoms. The Labute approximate surface area is 124 Å². The Hall–Kier alpha value is -0.540. The molecule has 19 heavy (non-hydrogen) atoms. The molecule has 1 aliphatic rings. The van der Waals surface area contributed by atoms with Gasteiger partial charge in [0.1, 0.15) is 5.75 Å². The van der Waals surface area contributed by atoms with Gasteiger partial charge in [-0.1, -0.05) is 29.8 Å². The summed E-state index contributed by atoms with van der Waals surface area (Å²) in [6.07, 6.45) is 4.57. The van der Waals surface area contributed by atoms with Gasteiger partial charge in [-0.25, -0.2) is 0 Å². The average Bonchev–Trinajstić information content (AvgIpc) is 2.34. The maximum Gasteiger partial charge on any atom is 0.122 e. The van der Waals surface area contributed by atoms with E-state index in [1.165, 1.54) is 18.4 Å². The third-order valence-corrected chi connectivity index (χ3v) is 4.79. The Kier molecular flexibility index (Phi) is 4.57. The van der Waals surface area contributed by atoms with Crippen molar-refractivity contribution in [2.75, 3.05) is 7.11 Å². The summed E-state index contributed by atoms with van der Waals surface area (Å²) in [7, 11) is 1.73. The molecule has 1 aliphatic carbocycles. The molecular formula is C16H24BrNO. The number of hydrogen-bond acceptors (Lipinski definition) is 2. The van der Waals surface area contributed by atoms with E-state index in [1.807, 2.05) is 12.1 Å². The van der Waals surface area contributed by atoms with E-state index in [0.29, 0.717) is 17.4 Å². The molecule has 106 valence electrons. The zero-order valence-electron chi connectivity index (χ0n) is 12.1. The van der Waals surface area contributed by atoms with Crippen molar-refractivity contribution < 1.29 is 4.74 Å². The Morgan fingerprint density at radius 3 is 2.84 bits per heavy atom. The van der Waals surface area contributed by atoms with Gasteiger partial charge in [0, 0.05) is 10.5 Å². The number of hydrogen-bond donors (Lipinski definition) is 1. The summed E-state index contributed by atoms with van der Waals surface area (Å²) in [5.74, 6) is 1.52. The summed E-state index contributed by atoms with van der Waals surface area (Å²) in [6.45, 7) is 4.70. The minimum Gasteiger partial charge on any atom is -0.496 e. The first kappa shape index (κ1) is 14.9. The first-order chi connectivity index (χ1) is 8.91. The van der Waals surface area contributed by atoms with Crippen molar-refractivity contribution in [1.29, 1.82) is 0 Å². The van der Waals surface area contributed by atoms with Crippen molar-refractivity contribution in [1.82, 2.24) is 0 Å². The summed E-state index contributed by atoms with van der Waals surface area (Å²) in [5, 5.41) is 0. The van der Waals surface area contributed by atoms with E-state index < -0.39 is 0 Å². The van der Waals surface area contributed by atoms with Crippen LogP contribution in [0.2, 0.25) is 0 Å². The zero-order chi connectivity index (χ0) is 14.0. The third-order valence-electron chi connectivity index (χ3n) is 4.30. The molecule has 2 nitrogen and oxygen atoms in total. The quantitative estimate of drug-likeness (QED) is 0.905. The summed E-state index contributed by atoms with van der Waals surface area (Å²) in [4.78, 5) is 0. The highest BCUT2D eigenvalue weighted by molar-refractivity contribution is 9.10. The minimum absolute atomic E-state index is 0.316. The van der Waals surface area contributed by atoms with Crippen LogP contribution >= 0.6 is 15.9 Å². The normalized spacial score (nSPS) is 26.2. The summed E-state index contributed by atoms with van der Waals surface area (Å²) < 4.78 is 6.57. The number of benzene rings is 1. The number of nitrogens with two attached hydrogens (primary N) is 1. The first-order valence-electron chi connectivity index (χ1n) is 6.99. The summed E-state index contributed by atoms with van der Waals surface area (Å²) >= 11 is 3.54. The van der Waals surface area contributed by atoms with Crippen molar-refractivity contribution in [2.45, 2.75) is 45.6 Å². The summed E-state index contributed by atoms with van der Waals surface area (Å²) in [6, 6.07) is 6.52. The molecule has 0 aliphatic heterocycles. The van der Waals surface area contributed by atoms with Crippen LogP contribution in [0.4, 0.5) is 0 Å². The van der Waals surface area contributed by atoms with E-state index in [9.17, 15) is 0 Å². The van der Waals surface area contributed by atoms with Crippen LogP contribution in [-0.4, -0.2) is 13.2 Å². The largest absolute Gasteiger partial charge is 0.496 e. The van der Waals surface area contributed by atoms with Gasteiger partial charge in [0.2, 0.25) is 0 Å². The van der Waals surface area contributed by atoms with Crippen LogP contribution in [0.25, 0.3) is 0 Å². The average molecular weight is 326 g/mol. The highest BCUT2D eigenvalue weighted by Crippen LogP contribution is 2.40. The van der Waals surface area contributed by atoms with Gasteiger partial charge in [0.15, 0.2) is 0 Å². The lowest BCUT2D eigenvalue weighted by Crippen LogP contribution is -2.40. The molecule has 1 aromatic carbocycles. The molecule has 2 N–H and O–H groups in total. The molecule has 0 aromatic heterocycles. The summed E-state index contributed by atoms with van der Waals surface area (Å²) in [5.41, 5.74) is 8.00. The molecule has 0 saturated heterocycles. The lowest BCUT2D eigenvalue weighted by molar-refractivity contribution is 0.156. The van der Waals surface area contributed by atoms with Gasteiger partial charge >= 0.3 is 0 Å². The van der Waals surface area contributed by atoms with Crippen molar-refractivity contribution in [3.8, 4) is 5.75 Å². The Morgan fingerprint density at radius 2 is 2.16 bits per heavy atom. The molecule has 1 saturated carbocycles. The van der Waals surface area contributed by atoms with Crippen LogP contribution in [0.5, 0.6) is 5.75 Å². The van der Waals surface area contributed by atoms with Gasteiger partial charge in [-0.15, -0.1) is 0 Å². The maximum absolute atomic E-state index is 6.32. The molecule has 2 rings (SSSR count). The standard InChI is InChI=1S/C16H24BrNO/c1-16(2)7-6-14(18)12(10-16)8-11-9-13(17)4-5-15(11)19-3/h4-5,9,12,14H,6-8,10,18H2,1-3H3. The van der Waals surface area contributed by atoms with E-state index in [2.05, 4.69) is 35.8 Å². The number of ether oxygens (including phenoxy) is 1. The molecule has 3 heteroatoms. The molecule has 0 heterocycles. The van der Waals surface area contributed by atoms with Crippen LogP contribution in [0.15, 0.2) is 22.7 Å². The van der Waals surface area contributed by atoms with Crippen molar-refractivity contribution in [3.63, 3.8) is 0 Å². The highest BCUT2D eigenvalue weighted by atomic mass is 79.9. The van der Waals surface area contributed by atoms with E-state index in [4.69, 9.17) is 10.5 Å². The molecule has 0 radical (unpaired) electrons. The molecule has 2 atom stereocenters. The van der Waals surface area contributed by atoms with Crippen LogP contribution in [0, 0.1) is 11.3 Å². The maximum atomic E-state index is 6.32. The second kappa shape index (κ2) is 5.84. The molecule has 1 fully saturated rings. The Balaban J connectivity index is 2.17. The van der Waals surface area contributed by atoms with Crippen LogP contribution in [-0.2, 0) is 6.42 Å². The van der Waals surface area contributed by atoms with Crippen LogP contribution < -0.4 is 10.5 Å². The lowest BCUT2D eigenvalue weighted by atomic mass is 9.68. The Bertz CT molecular complexity index is 444. The van der Waals surface area contributed by atoms with E-state index in [-0.39, 0.29) is 0 Å². The monoisotopic (exact) mass is 325 g/mol. The van der Waals surface area contributed by atoms with E-state index in [1.54, 1.807) is 7.11 Å². The van der Waals surface area contributed by atoms with Gasteiger partial charge in [-0.05, 0) is 60.8 Å². The highest BCUT2D eigenvalue weighted by Gasteiger charge is 2.33. The predicted molar refractivity (Wildman–Crippen MR) is 83.5 cm³/mol. The van der Waals surface area contributed by atoms with Gasteiger partial charge in [0.25, 0.3) is 0 Å². The second-order valence-corrected chi connectivity index (χ2v) is 7.41. The van der Waals surface area contributed by atoms with Gasteiger partial charge in [0.05, 0.1) is 7.11 Å². The smallest absolute Gasteiger partial charge is 0.122 e. The van der Waals surface area contributed by atoms with E-state index >= 15 is 0 Å². The van der Waals surface area contributed by atoms with Crippen LogP contribution in [0.1, 0.15) is 38.7 Å². The lowest BCUT2D eigenvalue weighted by Gasteiger charge is -2.39. The molecule has 0 bridgehead atoms. The van der Waals surface area contributed by atoms with Crippen LogP contribution in [0.3, 0.4) is 0 Å². The molecule has 0 amide bonds. The fourth-order valence-corrected chi connectivity index (χ4v) is 3.58. The Morgan fingerprint density at radius 1 is 1.42 bits per heavy atom. The van der Waals surface area contributed by atoms with Crippen molar-refractivity contribution in [2.24, 2.45) is 17.1 Å². The van der Waals surface area contributed by atoms with Gasteiger partial charge in [-0.3, -0.25) is 0 Å². The SMILES string of the molecule is COc1ccc(Br)cc1CC1CC(C)(C)CCC1N. The predicted octanol–water partition coefficient (Wildman–Crippen LogP) is 4.15. The van der Waals surface area contributed by atoms with Gasteiger partial charge < -0.3 is 10.5 Å². The molecular weight excluding hydrogens is 302 g/mol. The zero-order valence-corrected chi connectivity index (χ0v) is 13.7. The third kappa shape index (κ3) is 3.73. The number of halogens is 1.